The van der Waals surface area contributed by atoms with Crippen molar-refractivity contribution in [2.75, 3.05) is 0 Å². The Bertz CT molecular complexity index is 1310. The van der Waals surface area contributed by atoms with Crippen LogP contribution < -0.4 is 10.9 Å². The summed E-state index contributed by atoms with van der Waals surface area (Å²) in [5.74, 6) is -0.747. The Kier molecular flexibility index (Phi) is 4.89. The first kappa shape index (κ1) is 21.4. The molecule has 2 N–H and O–H groups in total. The molecule has 2 aromatic carbocycles. The molecule has 1 saturated carbocycles. The van der Waals surface area contributed by atoms with Gasteiger partial charge in [-0.25, -0.2) is 9.97 Å². The molecule has 0 spiro atoms. The number of carbonyl (C=O) groups excluding carboxylic acids is 2. The van der Waals surface area contributed by atoms with E-state index in [1.54, 1.807) is 36.4 Å². The molecule has 3 aromatic rings. The number of amides is 2. The number of hydrogen-bond acceptors (Lipinski definition) is 4. The summed E-state index contributed by atoms with van der Waals surface area (Å²) in [6.07, 6.45) is 1.40. The first-order chi connectivity index (χ1) is 15.2. The molecule has 2 bridgehead atoms. The number of hydrogen-bond donors (Lipinski definition) is 2. The SMILES string of the molecule is CC1(C)C2CCC1(C(=O)NNC(=O)c1ccccc1Cl)c1nc3cc(Cl)c(Cl)cc3nc12. The highest BCUT2D eigenvalue weighted by Gasteiger charge is 2.68. The van der Waals surface area contributed by atoms with Crippen LogP contribution in [0.5, 0.6) is 0 Å². The summed E-state index contributed by atoms with van der Waals surface area (Å²) < 4.78 is 0. The molecular weight excluding hydrogens is 471 g/mol. The maximum absolute atomic E-state index is 13.6. The van der Waals surface area contributed by atoms with E-state index < -0.39 is 16.7 Å². The minimum atomic E-state index is -0.936. The molecule has 0 aliphatic heterocycles. The predicted molar refractivity (Wildman–Crippen MR) is 124 cm³/mol. The topological polar surface area (TPSA) is 84.0 Å². The normalized spacial score (nSPS) is 22.6. The molecular formula is C23H19Cl3N4O2. The highest BCUT2D eigenvalue weighted by molar-refractivity contribution is 6.42. The molecule has 2 unspecified atom stereocenters. The fraction of sp³-hybridized carbons (Fsp3) is 0.304. The Labute approximate surface area is 199 Å². The maximum Gasteiger partial charge on any atom is 0.271 e. The lowest BCUT2D eigenvalue weighted by atomic mass is 9.68. The van der Waals surface area contributed by atoms with Crippen LogP contribution in [0.15, 0.2) is 36.4 Å². The van der Waals surface area contributed by atoms with Gasteiger partial charge in [0.05, 0.1) is 43.1 Å². The van der Waals surface area contributed by atoms with Gasteiger partial charge in [0.2, 0.25) is 0 Å². The van der Waals surface area contributed by atoms with Gasteiger partial charge in [0.25, 0.3) is 11.8 Å². The number of nitrogens with zero attached hydrogens (tertiary/aromatic N) is 2. The molecule has 164 valence electrons. The Morgan fingerprint density at radius 1 is 0.969 bits per heavy atom. The van der Waals surface area contributed by atoms with Gasteiger partial charge in [0.1, 0.15) is 5.41 Å². The van der Waals surface area contributed by atoms with E-state index in [2.05, 4.69) is 10.9 Å². The van der Waals surface area contributed by atoms with Crippen LogP contribution in [0.25, 0.3) is 11.0 Å². The number of nitrogens with one attached hydrogen (secondary N) is 2. The van der Waals surface area contributed by atoms with Crippen LogP contribution in [-0.4, -0.2) is 21.8 Å². The van der Waals surface area contributed by atoms with Gasteiger partial charge in [-0.1, -0.05) is 60.8 Å². The summed E-state index contributed by atoms with van der Waals surface area (Å²) in [6.45, 7) is 4.10. The lowest BCUT2D eigenvalue weighted by Crippen LogP contribution is -2.55. The molecule has 1 heterocycles. The quantitative estimate of drug-likeness (QED) is 0.484. The minimum Gasteiger partial charge on any atom is -0.272 e. The third-order valence-electron chi connectivity index (χ3n) is 7.04. The van der Waals surface area contributed by atoms with E-state index >= 15 is 0 Å². The molecule has 0 radical (unpaired) electrons. The molecule has 2 aliphatic rings. The number of fused-ring (bicyclic) bond motifs is 6. The summed E-state index contributed by atoms with van der Waals surface area (Å²) in [5, 5.41) is 1.09. The molecule has 2 atom stereocenters. The Balaban J connectivity index is 1.53. The van der Waals surface area contributed by atoms with Crippen LogP contribution in [-0.2, 0) is 10.2 Å². The summed E-state index contributed by atoms with van der Waals surface area (Å²) >= 11 is 18.5. The lowest BCUT2D eigenvalue weighted by molar-refractivity contribution is -0.130. The second-order valence-electron chi connectivity index (χ2n) is 8.82. The first-order valence-electron chi connectivity index (χ1n) is 10.2. The molecule has 1 aromatic heterocycles. The molecule has 6 nitrogen and oxygen atoms in total. The van der Waals surface area contributed by atoms with Gasteiger partial charge in [0, 0.05) is 5.92 Å². The van der Waals surface area contributed by atoms with E-state index in [4.69, 9.17) is 44.8 Å². The van der Waals surface area contributed by atoms with E-state index in [9.17, 15) is 9.59 Å². The van der Waals surface area contributed by atoms with Gasteiger partial charge in [-0.05, 0) is 42.5 Å². The van der Waals surface area contributed by atoms with Gasteiger partial charge < -0.3 is 0 Å². The average Bonchev–Trinajstić information content (AvgIpc) is 3.13. The minimum absolute atomic E-state index is 0.0638. The number of benzene rings is 2. The van der Waals surface area contributed by atoms with E-state index in [1.807, 2.05) is 13.8 Å². The number of hydrazine groups is 1. The van der Waals surface area contributed by atoms with Crippen LogP contribution in [0.4, 0.5) is 0 Å². The summed E-state index contributed by atoms with van der Waals surface area (Å²) in [5.41, 5.74) is 6.68. The molecule has 32 heavy (non-hydrogen) atoms. The van der Waals surface area contributed by atoms with Gasteiger partial charge in [-0.2, -0.15) is 0 Å². The zero-order valence-corrected chi connectivity index (χ0v) is 19.6. The number of aromatic nitrogens is 2. The average molecular weight is 490 g/mol. The Hall–Kier alpha value is -2.41. The second-order valence-corrected chi connectivity index (χ2v) is 10.0. The van der Waals surface area contributed by atoms with E-state index in [1.165, 1.54) is 0 Å². The van der Waals surface area contributed by atoms with Crippen molar-refractivity contribution in [3.8, 4) is 0 Å². The van der Waals surface area contributed by atoms with Crippen molar-refractivity contribution in [3.05, 3.63) is 68.4 Å². The number of carbonyl (C=O) groups is 2. The predicted octanol–water partition coefficient (Wildman–Crippen LogP) is 5.21. The summed E-state index contributed by atoms with van der Waals surface area (Å²) in [4.78, 5) is 35.8. The smallest absolute Gasteiger partial charge is 0.271 e. The zero-order chi connectivity index (χ0) is 22.8. The third kappa shape index (κ3) is 2.86. The van der Waals surface area contributed by atoms with E-state index in [0.717, 1.165) is 12.1 Å². The van der Waals surface area contributed by atoms with Crippen molar-refractivity contribution in [3.63, 3.8) is 0 Å². The van der Waals surface area contributed by atoms with Crippen molar-refractivity contribution >= 4 is 57.7 Å². The van der Waals surface area contributed by atoms with Crippen molar-refractivity contribution < 1.29 is 9.59 Å². The zero-order valence-electron chi connectivity index (χ0n) is 17.3. The van der Waals surface area contributed by atoms with Crippen molar-refractivity contribution in [2.45, 2.75) is 38.0 Å². The van der Waals surface area contributed by atoms with Gasteiger partial charge >= 0.3 is 0 Å². The summed E-state index contributed by atoms with van der Waals surface area (Å²) in [7, 11) is 0. The molecule has 0 saturated heterocycles. The van der Waals surface area contributed by atoms with Crippen LogP contribution >= 0.6 is 34.8 Å². The van der Waals surface area contributed by atoms with Crippen molar-refractivity contribution in [1.29, 1.82) is 0 Å². The molecule has 2 amide bonds. The van der Waals surface area contributed by atoms with E-state index in [0.29, 0.717) is 38.2 Å². The summed E-state index contributed by atoms with van der Waals surface area (Å²) in [6, 6.07) is 10.0. The van der Waals surface area contributed by atoms with Crippen LogP contribution in [0.3, 0.4) is 0 Å². The molecule has 5 rings (SSSR count). The standard InChI is InChI=1S/C23H19Cl3N4O2/c1-22(2)12-7-8-23(22,21(32)30-29-20(31)11-5-3-4-6-13(11)24)19-18(12)27-16-9-14(25)15(26)10-17(16)28-19/h3-6,9-10,12H,7-8H2,1-2H3,(H,29,31)(H,30,32). The van der Waals surface area contributed by atoms with Crippen molar-refractivity contribution in [1.82, 2.24) is 20.8 Å². The molecule has 9 heteroatoms. The fourth-order valence-electron chi connectivity index (χ4n) is 5.31. The van der Waals surface area contributed by atoms with Crippen molar-refractivity contribution in [2.24, 2.45) is 5.41 Å². The Morgan fingerprint density at radius 2 is 1.62 bits per heavy atom. The molecule has 2 aliphatic carbocycles. The highest BCUT2D eigenvalue weighted by Crippen LogP contribution is 2.67. The van der Waals surface area contributed by atoms with Gasteiger partial charge in [-0.3, -0.25) is 20.4 Å². The fourth-order valence-corrected chi connectivity index (χ4v) is 5.85. The first-order valence-corrected chi connectivity index (χ1v) is 11.3. The van der Waals surface area contributed by atoms with Crippen LogP contribution in [0, 0.1) is 5.41 Å². The largest absolute Gasteiger partial charge is 0.272 e. The maximum atomic E-state index is 13.6. The van der Waals surface area contributed by atoms with E-state index in [-0.39, 0.29) is 17.4 Å². The number of halogens is 3. The lowest BCUT2D eigenvalue weighted by Gasteiger charge is -2.36. The second kappa shape index (κ2) is 7.30. The van der Waals surface area contributed by atoms with Crippen LogP contribution in [0.1, 0.15) is 54.4 Å². The highest BCUT2D eigenvalue weighted by atomic mass is 35.5. The number of rotatable bonds is 2. The molecule has 1 fully saturated rings. The Morgan fingerprint density at radius 3 is 2.31 bits per heavy atom. The third-order valence-corrected chi connectivity index (χ3v) is 8.09. The van der Waals surface area contributed by atoms with Crippen LogP contribution in [0.2, 0.25) is 15.1 Å². The van der Waals surface area contributed by atoms with Gasteiger partial charge in [-0.15, -0.1) is 0 Å². The van der Waals surface area contributed by atoms with Gasteiger partial charge in [0.15, 0.2) is 0 Å². The monoisotopic (exact) mass is 488 g/mol.